The third-order valence-electron chi connectivity index (χ3n) is 2.69. The van der Waals surface area contributed by atoms with Crippen LogP contribution in [0.3, 0.4) is 0 Å². The van der Waals surface area contributed by atoms with Crippen LogP contribution in [0.25, 0.3) is 11.0 Å². The van der Waals surface area contributed by atoms with Gasteiger partial charge in [-0.3, -0.25) is 9.59 Å². The van der Waals surface area contributed by atoms with Crippen molar-refractivity contribution in [3.63, 3.8) is 0 Å². The Bertz CT molecular complexity index is 745. The summed E-state index contributed by atoms with van der Waals surface area (Å²) in [4.78, 5) is 24.1. The first-order chi connectivity index (χ1) is 7.61. The molecule has 3 heterocycles. The lowest BCUT2D eigenvalue weighted by molar-refractivity contribution is 0.851. The molecule has 3 aromatic rings. The molecule has 3 aromatic heterocycles. The van der Waals surface area contributed by atoms with E-state index in [1.165, 1.54) is 12.4 Å². The lowest BCUT2D eigenvalue weighted by Crippen LogP contribution is -2.27. The van der Waals surface area contributed by atoms with Gasteiger partial charge in [-0.05, 0) is 13.8 Å². The number of nitrogens with zero attached hydrogens (tertiary/aromatic N) is 4. The van der Waals surface area contributed by atoms with Crippen LogP contribution < -0.4 is 11.1 Å². The molecule has 0 unspecified atom stereocenters. The largest absolute Gasteiger partial charge is 0.298 e. The van der Waals surface area contributed by atoms with Crippen molar-refractivity contribution < 1.29 is 0 Å². The zero-order valence-electron chi connectivity index (χ0n) is 8.76. The first-order valence-electron chi connectivity index (χ1n) is 4.80. The lowest BCUT2D eigenvalue weighted by atomic mass is 10.3. The Kier molecular flexibility index (Phi) is 1.50. The summed E-state index contributed by atoms with van der Waals surface area (Å²) in [5, 5.41) is 7.82. The molecule has 0 aromatic carbocycles. The second-order valence-corrected chi connectivity index (χ2v) is 3.79. The van der Waals surface area contributed by atoms with Gasteiger partial charge in [0.25, 0.3) is 11.1 Å². The van der Waals surface area contributed by atoms with Crippen LogP contribution in [0, 0.1) is 13.8 Å². The van der Waals surface area contributed by atoms with Gasteiger partial charge in [-0.1, -0.05) is 0 Å². The van der Waals surface area contributed by atoms with Crippen molar-refractivity contribution in [3.05, 3.63) is 44.2 Å². The molecule has 0 radical (unpaired) electrons. The lowest BCUT2D eigenvalue weighted by Gasteiger charge is -1.95. The molecule has 0 amide bonds. The number of fused-ring (bicyclic) bond motifs is 2. The maximum absolute atomic E-state index is 12.0. The van der Waals surface area contributed by atoms with Crippen LogP contribution in [0.4, 0.5) is 0 Å². The van der Waals surface area contributed by atoms with Crippen LogP contribution in [-0.2, 0) is 0 Å². The summed E-state index contributed by atoms with van der Waals surface area (Å²) >= 11 is 0. The molecule has 16 heavy (non-hydrogen) atoms. The van der Waals surface area contributed by atoms with Crippen LogP contribution >= 0.6 is 0 Å². The smallest absolute Gasteiger partial charge is 0.265 e. The summed E-state index contributed by atoms with van der Waals surface area (Å²) < 4.78 is 2.28. The van der Waals surface area contributed by atoms with E-state index < -0.39 is 0 Å². The molecule has 6 heteroatoms. The van der Waals surface area contributed by atoms with Gasteiger partial charge in [0.15, 0.2) is 0 Å². The second-order valence-electron chi connectivity index (χ2n) is 3.79. The second kappa shape index (κ2) is 2.66. The molecule has 0 aliphatic heterocycles. The standard InChI is InChI=1S/C10H8N4O2/c1-5-3-11-13-7(5)9(15)14-8(10(13)16)6(2)4-12-14/h3-4H,1-2H3. The van der Waals surface area contributed by atoms with Crippen molar-refractivity contribution in [1.82, 2.24) is 19.2 Å². The molecule has 0 saturated heterocycles. The number of aromatic nitrogens is 4. The molecule has 0 aliphatic carbocycles. The molecule has 80 valence electrons. The summed E-state index contributed by atoms with van der Waals surface area (Å²) in [5.41, 5.74) is 1.32. The Morgan fingerprint density at radius 3 is 1.62 bits per heavy atom. The van der Waals surface area contributed by atoms with Crippen molar-refractivity contribution in [2.24, 2.45) is 0 Å². The highest BCUT2D eigenvalue weighted by atomic mass is 16.2. The summed E-state index contributed by atoms with van der Waals surface area (Å²) in [7, 11) is 0. The first-order valence-corrected chi connectivity index (χ1v) is 4.80. The maximum Gasteiger partial charge on any atom is 0.298 e. The fourth-order valence-electron chi connectivity index (χ4n) is 1.89. The van der Waals surface area contributed by atoms with E-state index in [2.05, 4.69) is 10.2 Å². The highest BCUT2D eigenvalue weighted by Crippen LogP contribution is 2.05. The Balaban J connectivity index is 2.83. The van der Waals surface area contributed by atoms with Crippen molar-refractivity contribution >= 4 is 11.0 Å². The van der Waals surface area contributed by atoms with Crippen molar-refractivity contribution in [2.75, 3.05) is 0 Å². The molecule has 3 rings (SSSR count). The summed E-state index contributed by atoms with van der Waals surface area (Å²) in [6, 6.07) is 0. The van der Waals surface area contributed by atoms with Crippen LogP contribution in [0.15, 0.2) is 22.0 Å². The average molecular weight is 216 g/mol. The average Bonchev–Trinajstić information content (AvgIpc) is 2.80. The van der Waals surface area contributed by atoms with E-state index in [1.807, 2.05) is 0 Å². The molecule has 0 bridgehead atoms. The van der Waals surface area contributed by atoms with E-state index in [1.54, 1.807) is 13.8 Å². The third kappa shape index (κ3) is 0.861. The van der Waals surface area contributed by atoms with Gasteiger partial charge in [-0.2, -0.15) is 19.2 Å². The normalized spacial score (nSPS) is 11.6. The minimum Gasteiger partial charge on any atom is -0.265 e. The van der Waals surface area contributed by atoms with E-state index in [0.29, 0.717) is 22.2 Å². The number of hydrogen-bond donors (Lipinski definition) is 0. The van der Waals surface area contributed by atoms with E-state index >= 15 is 0 Å². The molecular formula is C10H8N4O2. The Labute approximate surface area is 89.1 Å². The highest BCUT2D eigenvalue weighted by Gasteiger charge is 2.15. The van der Waals surface area contributed by atoms with Gasteiger partial charge < -0.3 is 0 Å². The van der Waals surface area contributed by atoms with Crippen molar-refractivity contribution in [2.45, 2.75) is 13.8 Å². The van der Waals surface area contributed by atoms with Crippen LogP contribution in [0.5, 0.6) is 0 Å². The van der Waals surface area contributed by atoms with Gasteiger partial charge in [0, 0.05) is 11.1 Å². The molecule has 0 fully saturated rings. The van der Waals surface area contributed by atoms with Gasteiger partial charge in [0.2, 0.25) is 0 Å². The van der Waals surface area contributed by atoms with Gasteiger partial charge in [-0.15, -0.1) is 0 Å². The highest BCUT2D eigenvalue weighted by molar-refractivity contribution is 5.59. The van der Waals surface area contributed by atoms with E-state index in [9.17, 15) is 9.59 Å². The molecule has 0 spiro atoms. The zero-order valence-corrected chi connectivity index (χ0v) is 8.76. The predicted octanol–water partition coefficient (Wildman–Crippen LogP) is -0.243. The van der Waals surface area contributed by atoms with Crippen LogP contribution in [0.1, 0.15) is 11.1 Å². The maximum atomic E-state index is 12.0. The van der Waals surface area contributed by atoms with Gasteiger partial charge >= 0.3 is 0 Å². The van der Waals surface area contributed by atoms with E-state index in [0.717, 1.165) is 9.03 Å². The summed E-state index contributed by atoms with van der Waals surface area (Å²) in [6.07, 6.45) is 3.01. The van der Waals surface area contributed by atoms with Gasteiger partial charge in [0.05, 0.1) is 12.4 Å². The number of aryl methyl sites for hydroxylation is 2. The van der Waals surface area contributed by atoms with E-state index in [4.69, 9.17) is 0 Å². The van der Waals surface area contributed by atoms with E-state index in [-0.39, 0.29) is 11.1 Å². The summed E-state index contributed by atoms with van der Waals surface area (Å²) in [6.45, 7) is 3.48. The monoisotopic (exact) mass is 216 g/mol. The van der Waals surface area contributed by atoms with Gasteiger partial charge in [0.1, 0.15) is 11.0 Å². The number of rotatable bonds is 0. The Morgan fingerprint density at radius 2 is 1.25 bits per heavy atom. The molecule has 0 aliphatic rings. The van der Waals surface area contributed by atoms with Gasteiger partial charge in [-0.25, -0.2) is 0 Å². The third-order valence-corrected chi connectivity index (χ3v) is 2.69. The van der Waals surface area contributed by atoms with Crippen molar-refractivity contribution in [3.8, 4) is 0 Å². The predicted molar refractivity (Wildman–Crippen MR) is 57.1 cm³/mol. The molecule has 0 saturated carbocycles. The Morgan fingerprint density at radius 1 is 0.875 bits per heavy atom. The fraction of sp³-hybridized carbons (Fsp3) is 0.200. The van der Waals surface area contributed by atoms with Crippen molar-refractivity contribution in [1.29, 1.82) is 0 Å². The molecule has 0 atom stereocenters. The fourth-order valence-corrected chi connectivity index (χ4v) is 1.89. The quantitative estimate of drug-likeness (QED) is 0.520. The SMILES string of the molecule is Cc1cnn2c(=O)c3c(C)cnn3c(=O)c12. The molecule has 0 N–H and O–H groups in total. The number of hydrogen-bond acceptors (Lipinski definition) is 4. The first kappa shape index (κ1) is 9.02. The summed E-state index contributed by atoms with van der Waals surface area (Å²) in [5.74, 6) is 0. The topological polar surface area (TPSA) is 68.7 Å². The molecule has 6 nitrogen and oxygen atoms in total. The minimum absolute atomic E-state index is 0.292. The Hall–Kier alpha value is -2.24. The van der Waals surface area contributed by atoms with Crippen LogP contribution in [0.2, 0.25) is 0 Å². The van der Waals surface area contributed by atoms with Crippen LogP contribution in [-0.4, -0.2) is 19.2 Å². The zero-order chi connectivity index (χ0) is 11.4. The minimum atomic E-state index is -0.308. The molecular weight excluding hydrogens is 208 g/mol.